The minimum atomic E-state index is -4.38. The van der Waals surface area contributed by atoms with Crippen molar-refractivity contribution in [2.45, 2.75) is 43.0 Å². The van der Waals surface area contributed by atoms with Crippen molar-refractivity contribution in [3.63, 3.8) is 0 Å². The molecule has 1 aromatic heterocycles. The molecule has 1 aromatic carbocycles. The fourth-order valence-electron chi connectivity index (χ4n) is 2.80. The standard InChI is InChI=1S/C20H20F3NO4S/c21-20(22,23)13-4-5-14-15(10-13)24-7-6-18(14)29-9-3-1-2-8-27-17-12-28-19(26)11-16(17)25/h4-7,10,12,19,26H,1-3,8-9,11H2/t19-/m0/s1. The van der Waals surface area contributed by atoms with Gasteiger partial charge in [0, 0.05) is 16.5 Å². The Hall–Kier alpha value is -2.26. The van der Waals surface area contributed by atoms with Gasteiger partial charge in [-0.05, 0) is 43.2 Å². The van der Waals surface area contributed by atoms with E-state index < -0.39 is 18.0 Å². The zero-order chi connectivity index (χ0) is 20.9. The first kappa shape index (κ1) is 21.4. The maximum absolute atomic E-state index is 12.8. The first-order valence-corrected chi connectivity index (χ1v) is 10.1. The fraction of sp³-hybridized carbons (Fsp3) is 0.400. The van der Waals surface area contributed by atoms with Crippen molar-refractivity contribution in [2.24, 2.45) is 0 Å². The number of carbonyl (C=O) groups excluding carboxylic acids is 1. The quantitative estimate of drug-likeness (QED) is 0.487. The lowest BCUT2D eigenvalue weighted by Crippen LogP contribution is -2.23. The highest BCUT2D eigenvalue weighted by Crippen LogP contribution is 2.33. The van der Waals surface area contributed by atoms with Gasteiger partial charge in [-0.25, -0.2) is 0 Å². The summed E-state index contributed by atoms with van der Waals surface area (Å²) in [5.41, 5.74) is -0.373. The number of unbranched alkanes of at least 4 members (excludes halogenated alkanes) is 2. The van der Waals surface area contributed by atoms with E-state index in [0.717, 1.165) is 48.3 Å². The second kappa shape index (κ2) is 9.49. The number of hydrogen-bond donors (Lipinski definition) is 1. The number of rotatable bonds is 8. The smallest absolute Gasteiger partial charge is 0.416 e. The van der Waals surface area contributed by atoms with E-state index in [1.807, 2.05) is 0 Å². The average molecular weight is 427 g/mol. The number of aromatic nitrogens is 1. The van der Waals surface area contributed by atoms with Gasteiger partial charge in [0.25, 0.3) is 0 Å². The number of benzene rings is 1. The Balaban J connectivity index is 1.43. The molecule has 29 heavy (non-hydrogen) atoms. The van der Waals surface area contributed by atoms with Crippen molar-refractivity contribution in [1.29, 1.82) is 0 Å². The number of ether oxygens (including phenoxy) is 2. The zero-order valence-corrected chi connectivity index (χ0v) is 16.3. The van der Waals surface area contributed by atoms with Gasteiger partial charge in [0.05, 0.1) is 24.1 Å². The van der Waals surface area contributed by atoms with E-state index in [9.17, 15) is 23.1 Å². The highest BCUT2D eigenvalue weighted by molar-refractivity contribution is 7.99. The van der Waals surface area contributed by atoms with Gasteiger partial charge in [-0.1, -0.05) is 6.07 Å². The Morgan fingerprint density at radius 2 is 2.07 bits per heavy atom. The molecule has 5 nitrogen and oxygen atoms in total. The van der Waals surface area contributed by atoms with Crippen LogP contribution in [0, 0.1) is 0 Å². The van der Waals surface area contributed by atoms with E-state index in [2.05, 4.69) is 4.98 Å². The van der Waals surface area contributed by atoms with Gasteiger partial charge in [0.1, 0.15) is 6.26 Å². The van der Waals surface area contributed by atoms with Crippen molar-refractivity contribution < 1.29 is 32.5 Å². The van der Waals surface area contributed by atoms with Crippen molar-refractivity contribution in [3.05, 3.63) is 48.0 Å². The summed E-state index contributed by atoms with van der Waals surface area (Å²) in [4.78, 5) is 16.6. The third kappa shape index (κ3) is 5.86. The number of hydrogen-bond acceptors (Lipinski definition) is 6. The lowest BCUT2D eigenvalue weighted by atomic mass is 10.1. The molecule has 0 aliphatic carbocycles. The summed E-state index contributed by atoms with van der Waals surface area (Å²) in [6.45, 7) is 0.375. The molecule has 2 heterocycles. The molecule has 0 radical (unpaired) electrons. The molecule has 0 saturated carbocycles. The third-order valence-corrected chi connectivity index (χ3v) is 5.46. The number of thioether (sulfide) groups is 1. The average Bonchev–Trinajstić information content (AvgIpc) is 2.67. The molecule has 1 aliphatic heterocycles. The Morgan fingerprint density at radius 1 is 1.24 bits per heavy atom. The Kier molecular flexibility index (Phi) is 7.02. The van der Waals surface area contributed by atoms with Crippen LogP contribution in [0.3, 0.4) is 0 Å². The van der Waals surface area contributed by atoms with Gasteiger partial charge in [-0.3, -0.25) is 9.78 Å². The number of carbonyl (C=O) groups is 1. The van der Waals surface area contributed by atoms with Crippen LogP contribution >= 0.6 is 11.8 Å². The highest BCUT2D eigenvalue weighted by Gasteiger charge is 2.30. The van der Waals surface area contributed by atoms with Crippen molar-refractivity contribution in [2.75, 3.05) is 12.4 Å². The Labute approximate surface area is 169 Å². The number of aliphatic hydroxyl groups excluding tert-OH is 1. The zero-order valence-electron chi connectivity index (χ0n) is 15.4. The minimum absolute atomic E-state index is 0.104. The van der Waals surface area contributed by atoms with E-state index >= 15 is 0 Å². The Bertz CT molecular complexity index is 901. The largest absolute Gasteiger partial charge is 0.487 e. The van der Waals surface area contributed by atoms with Gasteiger partial charge in [0.15, 0.2) is 5.76 Å². The van der Waals surface area contributed by atoms with Gasteiger partial charge in [-0.15, -0.1) is 11.8 Å². The summed E-state index contributed by atoms with van der Waals surface area (Å²) in [6.07, 6.45) is -0.411. The van der Waals surface area contributed by atoms with Crippen LogP contribution in [0.4, 0.5) is 13.2 Å². The van der Waals surface area contributed by atoms with E-state index in [-0.39, 0.29) is 18.0 Å². The molecule has 0 unspecified atom stereocenters. The van der Waals surface area contributed by atoms with E-state index in [1.54, 1.807) is 17.8 Å². The van der Waals surface area contributed by atoms with Crippen molar-refractivity contribution in [3.8, 4) is 0 Å². The number of alkyl halides is 3. The number of Topliss-reactive ketones (excluding diaryl/α,β-unsaturated/α-hetero) is 1. The predicted molar refractivity (Wildman–Crippen MR) is 102 cm³/mol. The first-order chi connectivity index (χ1) is 13.8. The van der Waals surface area contributed by atoms with Crippen LogP contribution in [-0.2, 0) is 20.4 Å². The molecule has 0 bridgehead atoms. The summed E-state index contributed by atoms with van der Waals surface area (Å²) in [5, 5.41) is 9.88. The number of nitrogens with zero attached hydrogens (tertiary/aromatic N) is 1. The van der Waals surface area contributed by atoms with Gasteiger partial charge in [0.2, 0.25) is 12.1 Å². The van der Waals surface area contributed by atoms with Crippen LogP contribution < -0.4 is 0 Å². The second-order valence-electron chi connectivity index (χ2n) is 6.50. The van der Waals surface area contributed by atoms with Crippen LogP contribution in [0.25, 0.3) is 10.9 Å². The highest BCUT2D eigenvalue weighted by atomic mass is 32.2. The molecule has 1 aliphatic rings. The van der Waals surface area contributed by atoms with Gasteiger partial charge >= 0.3 is 6.18 Å². The molecule has 3 rings (SSSR count). The normalized spacial score (nSPS) is 17.2. The third-order valence-electron chi connectivity index (χ3n) is 4.30. The second-order valence-corrected chi connectivity index (χ2v) is 7.63. The van der Waals surface area contributed by atoms with Crippen LogP contribution in [-0.4, -0.2) is 34.5 Å². The summed E-state index contributed by atoms with van der Waals surface area (Å²) in [6, 6.07) is 5.42. The number of ketones is 1. The van der Waals surface area contributed by atoms with Crippen LogP contribution in [0.2, 0.25) is 0 Å². The predicted octanol–water partition coefficient (Wildman–Crippen LogP) is 4.68. The molecule has 156 valence electrons. The lowest BCUT2D eigenvalue weighted by Gasteiger charge is -2.17. The molecule has 0 spiro atoms. The number of fused-ring (bicyclic) bond motifs is 1. The van der Waals surface area contributed by atoms with E-state index in [1.165, 1.54) is 12.3 Å². The maximum Gasteiger partial charge on any atom is 0.416 e. The molecule has 0 saturated heterocycles. The topological polar surface area (TPSA) is 68.7 Å². The molecule has 0 amide bonds. The summed E-state index contributed by atoms with van der Waals surface area (Å²) in [7, 11) is 0. The van der Waals surface area contributed by atoms with Crippen molar-refractivity contribution in [1.82, 2.24) is 4.98 Å². The van der Waals surface area contributed by atoms with E-state index in [0.29, 0.717) is 17.5 Å². The van der Waals surface area contributed by atoms with Gasteiger partial charge < -0.3 is 14.6 Å². The number of allylic oxidation sites excluding steroid dienone is 1. The van der Waals surface area contributed by atoms with E-state index in [4.69, 9.17) is 9.47 Å². The van der Waals surface area contributed by atoms with Crippen LogP contribution in [0.15, 0.2) is 47.4 Å². The number of pyridine rings is 1. The summed E-state index contributed by atoms with van der Waals surface area (Å²) >= 11 is 1.57. The Morgan fingerprint density at radius 3 is 2.83 bits per heavy atom. The monoisotopic (exact) mass is 427 g/mol. The molecule has 9 heteroatoms. The number of aliphatic hydroxyl groups is 1. The summed E-state index contributed by atoms with van der Waals surface area (Å²) < 4.78 is 48.7. The SMILES string of the molecule is O=C1C[C@@H](O)OC=C1OCCCCCSc1ccnc2cc(C(F)(F)F)ccc12. The molecule has 1 atom stereocenters. The molecule has 1 N–H and O–H groups in total. The van der Waals surface area contributed by atoms with Crippen LogP contribution in [0.1, 0.15) is 31.2 Å². The van der Waals surface area contributed by atoms with Crippen molar-refractivity contribution >= 4 is 28.4 Å². The maximum atomic E-state index is 12.8. The molecular formula is C20H20F3NO4S. The molecule has 0 fully saturated rings. The first-order valence-electron chi connectivity index (χ1n) is 9.13. The van der Waals surface area contributed by atoms with Crippen LogP contribution in [0.5, 0.6) is 0 Å². The molecule has 2 aromatic rings. The minimum Gasteiger partial charge on any atom is -0.487 e. The molecular weight excluding hydrogens is 407 g/mol. The number of halogens is 3. The fourth-order valence-corrected chi connectivity index (χ4v) is 3.85. The lowest BCUT2D eigenvalue weighted by molar-refractivity contribution is -0.137. The van der Waals surface area contributed by atoms with Gasteiger partial charge in [-0.2, -0.15) is 13.2 Å². The summed E-state index contributed by atoms with van der Waals surface area (Å²) in [5.74, 6) is 0.653.